The van der Waals surface area contributed by atoms with E-state index in [0.717, 1.165) is 12.8 Å². The molecule has 0 unspecified atom stereocenters. The Labute approximate surface area is 60.4 Å². The van der Waals surface area contributed by atoms with Crippen LogP contribution in [0.4, 0.5) is 0 Å². The van der Waals surface area contributed by atoms with Crippen LogP contribution in [-0.2, 0) is 4.79 Å². The topological polar surface area (TPSA) is 49.3 Å². The van der Waals surface area contributed by atoms with Crippen molar-refractivity contribution in [1.29, 1.82) is 0 Å². The van der Waals surface area contributed by atoms with Crippen LogP contribution in [0, 0.1) is 11.3 Å². The van der Waals surface area contributed by atoms with Gasteiger partial charge in [-0.05, 0) is 18.8 Å². The maximum atomic E-state index is 11.0. The number of amides is 1. The maximum absolute atomic E-state index is 11.0. The highest BCUT2D eigenvalue weighted by atomic mass is 16.5. The van der Waals surface area contributed by atoms with Crippen molar-refractivity contribution in [1.82, 2.24) is 5.48 Å². The lowest BCUT2D eigenvalue weighted by molar-refractivity contribution is -0.136. The van der Waals surface area contributed by atoms with Gasteiger partial charge in [-0.2, -0.15) is 0 Å². The zero-order chi connectivity index (χ0) is 7.78. The smallest absolute Gasteiger partial charge is 0.249 e. The summed E-state index contributed by atoms with van der Waals surface area (Å²) in [6.45, 7) is 4.00. The van der Waals surface area contributed by atoms with Gasteiger partial charge in [-0.15, -0.1) is 0 Å². The normalized spacial score (nSPS) is 20.8. The van der Waals surface area contributed by atoms with Gasteiger partial charge in [0.05, 0.1) is 5.41 Å². The molecule has 0 aromatic carbocycles. The molecule has 3 nitrogen and oxygen atoms in total. The van der Waals surface area contributed by atoms with Crippen molar-refractivity contribution in [3.05, 3.63) is 0 Å². The Morgan fingerprint density at radius 1 is 1.60 bits per heavy atom. The molecule has 0 spiro atoms. The number of carbonyl (C=O) groups excluding carboxylic acids is 1. The van der Waals surface area contributed by atoms with Gasteiger partial charge in [0.1, 0.15) is 0 Å². The highest BCUT2D eigenvalue weighted by Crippen LogP contribution is 2.51. The minimum Gasteiger partial charge on any atom is -0.289 e. The predicted octanol–water partition coefficient (Wildman–Crippen LogP) is 0.928. The van der Waals surface area contributed by atoms with Gasteiger partial charge in [-0.1, -0.05) is 13.8 Å². The lowest BCUT2D eigenvalue weighted by Crippen LogP contribution is -2.32. The molecule has 0 atom stereocenters. The van der Waals surface area contributed by atoms with E-state index < -0.39 is 0 Å². The molecule has 1 aliphatic rings. The van der Waals surface area contributed by atoms with E-state index in [1.807, 2.05) is 13.8 Å². The lowest BCUT2D eigenvalue weighted by atomic mass is 9.92. The fourth-order valence-electron chi connectivity index (χ4n) is 1.31. The highest BCUT2D eigenvalue weighted by Gasteiger charge is 2.52. The molecule has 58 valence electrons. The predicted molar refractivity (Wildman–Crippen MR) is 36.4 cm³/mol. The second kappa shape index (κ2) is 2.23. The molecule has 0 aliphatic heterocycles. The molecule has 0 bridgehead atoms. The molecule has 1 fully saturated rings. The summed E-state index contributed by atoms with van der Waals surface area (Å²) in [5, 5.41) is 8.36. The van der Waals surface area contributed by atoms with Crippen molar-refractivity contribution in [3.63, 3.8) is 0 Å². The Morgan fingerprint density at radius 3 is 2.20 bits per heavy atom. The van der Waals surface area contributed by atoms with Crippen LogP contribution in [-0.4, -0.2) is 11.1 Å². The van der Waals surface area contributed by atoms with Crippen LogP contribution >= 0.6 is 0 Å². The summed E-state index contributed by atoms with van der Waals surface area (Å²) < 4.78 is 0. The number of hydrogen-bond acceptors (Lipinski definition) is 2. The average molecular weight is 143 g/mol. The summed E-state index contributed by atoms with van der Waals surface area (Å²) in [5.41, 5.74) is 1.47. The molecule has 1 amide bonds. The molecule has 0 heterocycles. The minimum atomic E-state index is -0.241. The van der Waals surface area contributed by atoms with Gasteiger partial charge in [0.15, 0.2) is 0 Å². The van der Waals surface area contributed by atoms with E-state index in [1.54, 1.807) is 5.48 Å². The third kappa shape index (κ3) is 0.904. The molecule has 1 aliphatic carbocycles. The molecule has 0 radical (unpaired) electrons. The van der Waals surface area contributed by atoms with Crippen LogP contribution in [0.5, 0.6) is 0 Å². The molecule has 0 aromatic rings. The van der Waals surface area contributed by atoms with E-state index in [4.69, 9.17) is 5.21 Å². The third-order valence-electron chi connectivity index (χ3n) is 2.45. The maximum Gasteiger partial charge on any atom is 0.249 e. The molecule has 0 aromatic heterocycles. The number of hydroxylamine groups is 1. The quantitative estimate of drug-likeness (QED) is 0.446. The van der Waals surface area contributed by atoms with Crippen molar-refractivity contribution >= 4 is 5.91 Å². The number of hydrogen-bond donors (Lipinski definition) is 2. The van der Waals surface area contributed by atoms with E-state index in [-0.39, 0.29) is 11.3 Å². The monoisotopic (exact) mass is 143 g/mol. The minimum absolute atomic E-state index is 0.220. The van der Waals surface area contributed by atoms with Crippen molar-refractivity contribution in [3.8, 4) is 0 Å². The summed E-state index contributed by atoms with van der Waals surface area (Å²) in [7, 11) is 0. The summed E-state index contributed by atoms with van der Waals surface area (Å²) in [5.74, 6) is 0.113. The van der Waals surface area contributed by atoms with Gasteiger partial charge < -0.3 is 0 Å². The number of rotatable bonds is 2. The molecule has 1 rings (SSSR count). The van der Waals surface area contributed by atoms with Gasteiger partial charge in [0.2, 0.25) is 5.91 Å². The lowest BCUT2D eigenvalue weighted by Gasteiger charge is -2.15. The van der Waals surface area contributed by atoms with E-state index in [9.17, 15) is 4.79 Å². The zero-order valence-electron chi connectivity index (χ0n) is 6.35. The summed E-state index contributed by atoms with van der Waals surface area (Å²) in [6, 6.07) is 0. The first-order chi connectivity index (χ1) is 4.63. The van der Waals surface area contributed by atoms with Crippen molar-refractivity contribution in [2.45, 2.75) is 26.7 Å². The van der Waals surface area contributed by atoms with Crippen molar-refractivity contribution < 1.29 is 10.0 Å². The van der Waals surface area contributed by atoms with Gasteiger partial charge >= 0.3 is 0 Å². The van der Waals surface area contributed by atoms with Crippen LogP contribution in [0.1, 0.15) is 26.7 Å². The largest absolute Gasteiger partial charge is 0.289 e. The fourth-order valence-corrected chi connectivity index (χ4v) is 1.31. The summed E-state index contributed by atoms with van der Waals surface area (Å²) in [6.07, 6.45) is 1.83. The van der Waals surface area contributed by atoms with E-state index in [1.165, 1.54) is 0 Å². The second-order valence-electron chi connectivity index (χ2n) is 3.25. The molecular formula is C7H13NO2. The van der Waals surface area contributed by atoms with Crippen LogP contribution in [0.3, 0.4) is 0 Å². The molecule has 1 saturated carbocycles. The molecule has 0 saturated heterocycles. The van der Waals surface area contributed by atoms with E-state index >= 15 is 0 Å². The summed E-state index contributed by atoms with van der Waals surface area (Å²) in [4.78, 5) is 11.0. The fraction of sp³-hybridized carbons (Fsp3) is 0.857. The standard InChI is InChI=1S/C7H13NO2/c1-5(2)7(3-4-7)6(9)8-10/h5,10H,3-4H2,1-2H3,(H,8,9). The van der Waals surface area contributed by atoms with E-state index in [0.29, 0.717) is 5.92 Å². The zero-order valence-corrected chi connectivity index (χ0v) is 6.35. The Morgan fingerprint density at radius 2 is 2.10 bits per heavy atom. The Kier molecular flexibility index (Phi) is 1.68. The van der Waals surface area contributed by atoms with Crippen LogP contribution in [0.15, 0.2) is 0 Å². The van der Waals surface area contributed by atoms with E-state index in [2.05, 4.69) is 0 Å². The van der Waals surface area contributed by atoms with Crippen molar-refractivity contribution in [2.24, 2.45) is 11.3 Å². The molecule has 10 heavy (non-hydrogen) atoms. The second-order valence-corrected chi connectivity index (χ2v) is 3.25. The molecular weight excluding hydrogens is 130 g/mol. The Balaban J connectivity index is 2.60. The first kappa shape index (κ1) is 7.54. The third-order valence-corrected chi connectivity index (χ3v) is 2.45. The van der Waals surface area contributed by atoms with Crippen LogP contribution < -0.4 is 5.48 Å². The van der Waals surface area contributed by atoms with Crippen molar-refractivity contribution in [2.75, 3.05) is 0 Å². The Hall–Kier alpha value is -0.570. The van der Waals surface area contributed by atoms with Crippen LogP contribution in [0.25, 0.3) is 0 Å². The first-order valence-corrected chi connectivity index (χ1v) is 3.58. The highest BCUT2D eigenvalue weighted by molar-refractivity contribution is 5.84. The van der Waals surface area contributed by atoms with Gasteiger partial charge in [0, 0.05) is 0 Å². The van der Waals surface area contributed by atoms with Gasteiger partial charge in [-0.25, -0.2) is 5.48 Å². The Bertz CT molecular complexity index is 150. The van der Waals surface area contributed by atoms with Gasteiger partial charge in [0.25, 0.3) is 0 Å². The number of carbonyl (C=O) groups is 1. The summed E-state index contributed by atoms with van der Waals surface area (Å²) >= 11 is 0. The molecule has 2 N–H and O–H groups in total. The SMILES string of the molecule is CC(C)C1(C(=O)NO)CC1. The molecule has 3 heteroatoms. The average Bonchev–Trinajstić information content (AvgIpc) is 2.65. The van der Waals surface area contributed by atoms with Gasteiger partial charge in [-0.3, -0.25) is 10.0 Å². The first-order valence-electron chi connectivity index (χ1n) is 3.58. The number of nitrogens with one attached hydrogen (secondary N) is 1. The van der Waals surface area contributed by atoms with Crippen LogP contribution in [0.2, 0.25) is 0 Å².